The van der Waals surface area contributed by atoms with Crippen molar-refractivity contribution in [3.63, 3.8) is 0 Å². The van der Waals surface area contributed by atoms with Crippen molar-refractivity contribution in [1.82, 2.24) is 14.9 Å². The number of carbonyl (C=O) groups is 1. The molecule has 0 unspecified atom stereocenters. The van der Waals surface area contributed by atoms with Crippen LogP contribution in [-0.4, -0.2) is 52.6 Å². The lowest BCUT2D eigenvalue weighted by atomic mass is 10.0. The summed E-state index contributed by atoms with van der Waals surface area (Å²) in [7, 11) is 0. The molecule has 6 heteroatoms. The van der Waals surface area contributed by atoms with Crippen LogP contribution in [0.25, 0.3) is 0 Å². The van der Waals surface area contributed by atoms with Gasteiger partial charge in [0.05, 0.1) is 5.69 Å². The third kappa shape index (κ3) is 3.24. The summed E-state index contributed by atoms with van der Waals surface area (Å²) in [6, 6.07) is 0. The maximum atomic E-state index is 11.4. The maximum absolute atomic E-state index is 11.4. The Hall–Kier alpha value is -1.69. The van der Waals surface area contributed by atoms with E-state index >= 15 is 0 Å². The summed E-state index contributed by atoms with van der Waals surface area (Å²) in [5, 5.41) is 0. The van der Waals surface area contributed by atoms with E-state index in [1.807, 2.05) is 0 Å². The highest BCUT2D eigenvalue weighted by molar-refractivity contribution is 5.67. The van der Waals surface area contributed by atoms with Crippen LogP contribution >= 0.6 is 0 Å². The first-order valence-electron chi connectivity index (χ1n) is 8.79. The van der Waals surface area contributed by atoms with Crippen LogP contribution in [0, 0.1) is 0 Å². The number of carbonyl (C=O) groups excluding carboxylic acids is 1. The fraction of sp³-hybridized carbons (Fsp3) is 0.722. The minimum atomic E-state index is -0.251. The van der Waals surface area contributed by atoms with Gasteiger partial charge in [-0.2, -0.15) is 0 Å². The minimum absolute atomic E-state index is 0.202. The van der Waals surface area contributed by atoms with E-state index in [-0.39, 0.29) is 17.6 Å². The number of nitrogens with zero attached hydrogens (tertiary/aromatic N) is 4. The fourth-order valence-corrected chi connectivity index (χ4v) is 3.82. The first-order valence-corrected chi connectivity index (χ1v) is 8.79. The van der Waals surface area contributed by atoms with E-state index in [1.165, 1.54) is 6.92 Å². The minimum Gasteiger partial charge on any atom is -0.456 e. The van der Waals surface area contributed by atoms with Crippen molar-refractivity contribution < 1.29 is 9.53 Å². The number of ether oxygens (including phenoxy) is 1. The summed E-state index contributed by atoms with van der Waals surface area (Å²) in [5.74, 6) is 1.08. The first-order chi connectivity index (χ1) is 11.3. The van der Waals surface area contributed by atoms with Gasteiger partial charge in [0.15, 0.2) is 0 Å². The second kappa shape index (κ2) is 6.31. The van der Waals surface area contributed by atoms with Crippen LogP contribution < -0.4 is 4.90 Å². The highest BCUT2D eigenvalue weighted by Crippen LogP contribution is 2.44. The van der Waals surface area contributed by atoms with Gasteiger partial charge >= 0.3 is 5.97 Å². The third-order valence-corrected chi connectivity index (χ3v) is 5.10. The van der Waals surface area contributed by atoms with Crippen LogP contribution in [0.4, 0.5) is 5.82 Å². The van der Waals surface area contributed by atoms with E-state index in [9.17, 15) is 4.79 Å². The van der Waals surface area contributed by atoms with Crippen molar-refractivity contribution >= 4 is 11.8 Å². The molecule has 24 heavy (non-hydrogen) atoms. The molecule has 1 fully saturated rings. The van der Waals surface area contributed by atoms with E-state index in [0.717, 1.165) is 49.7 Å². The molecule has 0 aromatic carbocycles. The van der Waals surface area contributed by atoms with Crippen LogP contribution in [0.5, 0.6) is 0 Å². The molecule has 1 saturated heterocycles. The van der Waals surface area contributed by atoms with Gasteiger partial charge in [-0.15, -0.1) is 0 Å². The Morgan fingerprint density at radius 2 is 1.88 bits per heavy atom. The number of fused-ring (bicyclic) bond motifs is 1. The second-order valence-corrected chi connectivity index (χ2v) is 7.88. The van der Waals surface area contributed by atoms with Crippen molar-refractivity contribution in [3.8, 4) is 0 Å². The van der Waals surface area contributed by atoms with Gasteiger partial charge in [0.2, 0.25) is 0 Å². The number of aromatic nitrogens is 2. The topological polar surface area (TPSA) is 58.6 Å². The predicted octanol–water partition coefficient (Wildman–Crippen LogP) is 2.51. The Morgan fingerprint density at radius 1 is 1.21 bits per heavy atom. The number of hydrogen-bond donors (Lipinski definition) is 0. The molecule has 2 heterocycles. The molecule has 1 aliphatic heterocycles. The third-order valence-electron chi connectivity index (χ3n) is 5.10. The fourth-order valence-electron chi connectivity index (χ4n) is 3.82. The molecule has 1 aromatic rings. The van der Waals surface area contributed by atoms with Gasteiger partial charge in [-0.25, -0.2) is 9.97 Å². The Balaban J connectivity index is 1.82. The summed E-state index contributed by atoms with van der Waals surface area (Å²) >= 11 is 0. The second-order valence-electron chi connectivity index (χ2n) is 7.88. The van der Waals surface area contributed by atoms with Crippen molar-refractivity contribution in [2.75, 3.05) is 31.1 Å². The molecule has 0 spiro atoms. The number of rotatable bonds is 2. The normalized spacial score (nSPS) is 24.8. The van der Waals surface area contributed by atoms with Crippen molar-refractivity contribution in [1.29, 1.82) is 0 Å². The van der Waals surface area contributed by atoms with Gasteiger partial charge in [0.1, 0.15) is 18.2 Å². The van der Waals surface area contributed by atoms with E-state index in [4.69, 9.17) is 4.74 Å². The molecule has 132 valence electrons. The van der Waals surface area contributed by atoms with Gasteiger partial charge in [-0.05, 0) is 33.1 Å². The van der Waals surface area contributed by atoms with E-state index in [2.05, 4.69) is 47.5 Å². The summed E-state index contributed by atoms with van der Waals surface area (Å²) in [6.45, 7) is 14.4. The van der Waals surface area contributed by atoms with Crippen molar-refractivity contribution in [3.05, 3.63) is 17.6 Å². The van der Waals surface area contributed by atoms with Gasteiger partial charge in [0, 0.05) is 44.2 Å². The standard InChI is InChI=1S/C18H28N4O2/c1-12-10-14(24-13(2)23)16-15(12)17(20-11-19-16)21-6-8-22(9-7-21)18(3,4)5/h11-12,14H,6-10H2,1-5H3/t12-,14-/m1/s1. The first kappa shape index (κ1) is 17.1. The van der Waals surface area contributed by atoms with E-state index in [1.54, 1.807) is 6.33 Å². The molecule has 2 aliphatic rings. The average molecular weight is 332 g/mol. The number of esters is 1. The predicted molar refractivity (Wildman–Crippen MR) is 93.1 cm³/mol. The van der Waals surface area contributed by atoms with Gasteiger partial charge in [-0.3, -0.25) is 9.69 Å². The largest absolute Gasteiger partial charge is 0.456 e. The zero-order chi connectivity index (χ0) is 17.5. The molecule has 1 aliphatic carbocycles. The molecule has 1 aromatic heterocycles. The summed E-state index contributed by atoms with van der Waals surface area (Å²) in [5.41, 5.74) is 2.25. The monoisotopic (exact) mass is 332 g/mol. The number of hydrogen-bond acceptors (Lipinski definition) is 6. The molecule has 0 N–H and O–H groups in total. The molecular formula is C18H28N4O2. The lowest BCUT2D eigenvalue weighted by molar-refractivity contribution is -0.146. The average Bonchev–Trinajstić information content (AvgIpc) is 2.82. The van der Waals surface area contributed by atoms with Gasteiger partial charge < -0.3 is 9.64 Å². The summed E-state index contributed by atoms with van der Waals surface area (Å²) < 4.78 is 5.46. The van der Waals surface area contributed by atoms with Crippen LogP contribution in [0.3, 0.4) is 0 Å². The Kier molecular flexibility index (Phi) is 4.51. The molecule has 0 bridgehead atoms. The highest BCUT2D eigenvalue weighted by atomic mass is 16.5. The molecule has 6 nitrogen and oxygen atoms in total. The zero-order valence-corrected chi connectivity index (χ0v) is 15.4. The zero-order valence-electron chi connectivity index (χ0n) is 15.4. The molecule has 0 amide bonds. The lowest BCUT2D eigenvalue weighted by Crippen LogP contribution is -2.53. The molecule has 3 rings (SSSR count). The van der Waals surface area contributed by atoms with Crippen molar-refractivity contribution in [2.24, 2.45) is 0 Å². The van der Waals surface area contributed by atoms with E-state index in [0.29, 0.717) is 5.92 Å². The van der Waals surface area contributed by atoms with Crippen LogP contribution in [0.1, 0.15) is 64.3 Å². The summed E-state index contributed by atoms with van der Waals surface area (Å²) in [6.07, 6.45) is 2.17. The highest BCUT2D eigenvalue weighted by Gasteiger charge is 2.37. The van der Waals surface area contributed by atoms with Crippen molar-refractivity contribution in [2.45, 2.75) is 58.6 Å². The molecule has 0 saturated carbocycles. The molecular weight excluding hydrogens is 304 g/mol. The summed E-state index contributed by atoms with van der Waals surface area (Å²) in [4.78, 5) is 25.2. The molecule has 0 radical (unpaired) electrons. The number of piperazine rings is 1. The Labute approximate surface area is 144 Å². The van der Waals surface area contributed by atoms with Crippen LogP contribution in [-0.2, 0) is 9.53 Å². The van der Waals surface area contributed by atoms with Gasteiger partial charge in [0.25, 0.3) is 0 Å². The smallest absolute Gasteiger partial charge is 0.303 e. The SMILES string of the molecule is CC(=O)O[C@@H]1C[C@@H](C)c2c1ncnc2N1CCN(C(C)(C)C)CC1. The van der Waals surface area contributed by atoms with E-state index < -0.39 is 0 Å². The van der Waals surface area contributed by atoms with Gasteiger partial charge in [-0.1, -0.05) is 6.92 Å². The van der Waals surface area contributed by atoms with Crippen LogP contribution in [0.15, 0.2) is 6.33 Å². The quantitative estimate of drug-likeness (QED) is 0.776. The molecule has 2 atom stereocenters. The Morgan fingerprint density at radius 3 is 2.46 bits per heavy atom. The number of anilines is 1. The van der Waals surface area contributed by atoms with Crippen LogP contribution in [0.2, 0.25) is 0 Å². The Bertz CT molecular complexity index is 618. The maximum Gasteiger partial charge on any atom is 0.303 e. The lowest BCUT2D eigenvalue weighted by Gasteiger charge is -2.43.